The summed E-state index contributed by atoms with van der Waals surface area (Å²) in [6, 6.07) is -0.551. The molecule has 0 spiro atoms. The van der Waals surface area contributed by atoms with Gasteiger partial charge < -0.3 is 14.4 Å². The van der Waals surface area contributed by atoms with E-state index in [0.717, 1.165) is 19.1 Å². The van der Waals surface area contributed by atoms with Crippen molar-refractivity contribution in [2.24, 2.45) is 5.92 Å². The van der Waals surface area contributed by atoms with Gasteiger partial charge in [-0.2, -0.15) is 0 Å². The van der Waals surface area contributed by atoms with Crippen molar-refractivity contribution >= 4 is 18.3 Å². The zero-order valence-electron chi connectivity index (χ0n) is 9.64. The van der Waals surface area contributed by atoms with Crippen LogP contribution in [0.2, 0.25) is 0 Å². The first-order valence-electron chi connectivity index (χ1n) is 4.82. The number of nitrogens with zero attached hydrogens (tertiary/aromatic N) is 1. The van der Waals surface area contributed by atoms with Gasteiger partial charge in [-0.25, -0.2) is 9.59 Å². The van der Waals surface area contributed by atoms with E-state index in [4.69, 9.17) is 0 Å². The van der Waals surface area contributed by atoms with Crippen LogP contribution in [0, 0.1) is 5.92 Å². The molecule has 1 atom stereocenters. The molecule has 1 rings (SSSR count). The monoisotopic (exact) mass is 228 g/mol. The molecule has 0 aromatic rings. The van der Waals surface area contributed by atoms with Gasteiger partial charge in [0.25, 0.3) is 5.54 Å². The molecule has 1 aliphatic rings. The number of methoxy groups -OCH3 is 2. The van der Waals surface area contributed by atoms with Crippen LogP contribution in [0.15, 0.2) is 0 Å². The molecule has 6 heteroatoms. The molecule has 0 aliphatic carbocycles. The molecule has 1 saturated heterocycles. The van der Waals surface area contributed by atoms with Gasteiger partial charge in [0.15, 0.2) is 0 Å². The molecule has 1 radical (unpaired) electrons. The Morgan fingerprint density at radius 3 is 1.88 bits per heavy atom. The van der Waals surface area contributed by atoms with Crippen molar-refractivity contribution in [3.63, 3.8) is 0 Å². The van der Waals surface area contributed by atoms with Gasteiger partial charge in [-0.1, -0.05) is 13.8 Å². The second kappa shape index (κ2) is 4.11. The number of carbonyl (C=O) groups is 2. The van der Waals surface area contributed by atoms with Gasteiger partial charge in [-0.15, -0.1) is 0 Å². The average molecular weight is 228 g/mol. The maximum absolute atomic E-state index is 11.6. The van der Waals surface area contributed by atoms with Crippen LogP contribution in [-0.2, 0) is 23.9 Å². The highest BCUT2D eigenvalue weighted by molar-refractivity contribution is 6.12. The van der Waals surface area contributed by atoms with Crippen LogP contribution in [-0.4, -0.2) is 49.0 Å². The second-order valence-electron chi connectivity index (χ2n) is 3.90. The fourth-order valence-corrected chi connectivity index (χ4v) is 2.05. The summed E-state index contributed by atoms with van der Waals surface area (Å²) in [5.41, 5.74) is -1.64. The van der Waals surface area contributed by atoms with Crippen LogP contribution < -0.4 is 0 Å². The van der Waals surface area contributed by atoms with E-state index in [9.17, 15) is 14.4 Å². The van der Waals surface area contributed by atoms with E-state index >= 15 is 0 Å². The lowest BCUT2D eigenvalue weighted by Crippen LogP contribution is -2.42. The quantitative estimate of drug-likeness (QED) is 0.368. The summed E-state index contributed by atoms with van der Waals surface area (Å²) in [7, 11) is 2.32. The highest BCUT2D eigenvalue weighted by Gasteiger charge is 2.76. The predicted octanol–water partition coefficient (Wildman–Crippen LogP) is -0.521. The number of amides is 1. The molecule has 1 heterocycles. The van der Waals surface area contributed by atoms with Crippen molar-refractivity contribution in [1.29, 1.82) is 0 Å². The van der Waals surface area contributed by atoms with Gasteiger partial charge >= 0.3 is 18.3 Å². The summed E-state index contributed by atoms with van der Waals surface area (Å²) in [6.45, 7) is 3.59. The minimum absolute atomic E-state index is 0.0698. The maximum Gasteiger partial charge on any atom is 0.345 e. The fraction of sp³-hybridized carbons (Fsp3) is 0.700. The summed E-state index contributed by atoms with van der Waals surface area (Å²) in [5.74, 6) is -1.65. The lowest BCUT2D eigenvalue weighted by molar-refractivity contribution is -0.157. The highest BCUT2D eigenvalue weighted by Crippen LogP contribution is 2.45. The molecule has 89 valence electrons. The molecular weight excluding hydrogens is 214 g/mol. The van der Waals surface area contributed by atoms with Crippen LogP contribution in [0.4, 0.5) is 0 Å². The van der Waals surface area contributed by atoms with Crippen LogP contribution in [0.1, 0.15) is 13.8 Å². The van der Waals surface area contributed by atoms with E-state index in [1.807, 2.05) is 0 Å². The number of hydrogen-bond donors (Lipinski definition) is 0. The SMILES string of the molecule is COC(=O)C1(C(=O)OC)C(C(C)C)N1[C]=O. The van der Waals surface area contributed by atoms with Crippen LogP contribution in [0.25, 0.3) is 0 Å². The molecule has 1 unspecified atom stereocenters. The number of esters is 2. The topological polar surface area (TPSA) is 72.7 Å². The van der Waals surface area contributed by atoms with E-state index in [1.54, 1.807) is 20.3 Å². The average Bonchev–Trinajstić information content (AvgIpc) is 2.97. The van der Waals surface area contributed by atoms with Gasteiger partial charge in [-0.3, -0.25) is 4.79 Å². The van der Waals surface area contributed by atoms with E-state index in [2.05, 4.69) is 9.47 Å². The molecular formula is C10H14NO5. The summed E-state index contributed by atoms with van der Waals surface area (Å²) >= 11 is 0. The van der Waals surface area contributed by atoms with Gasteiger partial charge in [0.2, 0.25) is 0 Å². The second-order valence-corrected chi connectivity index (χ2v) is 3.90. The number of ether oxygens (including phenoxy) is 2. The third kappa shape index (κ3) is 1.36. The molecule has 1 amide bonds. The van der Waals surface area contributed by atoms with Gasteiger partial charge in [-0.05, 0) is 5.92 Å². The van der Waals surface area contributed by atoms with E-state index in [1.165, 1.54) is 0 Å². The first-order valence-corrected chi connectivity index (χ1v) is 4.82. The van der Waals surface area contributed by atoms with E-state index in [-0.39, 0.29) is 5.92 Å². The van der Waals surface area contributed by atoms with Gasteiger partial charge in [0.1, 0.15) is 0 Å². The third-order valence-electron chi connectivity index (χ3n) is 2.74. The zero-order chi connectivity index (χ0) is 12.5. The molecule has 16 heavy (non-hydrogen) atoms. The number of carbonyl (C=O) groups excluding carboxylic acids is 3. The Balaban J connectivity index is 3.13. The minimum atomic E-state index is -1.64. The Morgan fingerprint density at radius 1 is 1.25 bits per heavy atom. The minimum Gasteiger partial charge on any atom is -0.467 e. The van der Waals surface area contributed by atoms with Crippen LogP contribution in [0.5, 0.6) is 0 Å². The van der Waals surface area contributed by atoms with Crippen LogP contribution >= 0.6 is 0 Å². The fourth-order valence-electron chi connectivity index (χ4n) is 2.05. The molecule has 6 nitrogen and oxygen atoms in total. The summed E-state index contributed by atoms with van der Waals surface area (Å²) in [4.78, 5) is 35.0. The van der Waals surface area contributed by atoms with Crippen LogP contribution in [0.3, 0.4) is 0 Å². The number of hydrogen-bond acceptors (Lipinski definition) is 5. The molecule has 0 bridgehead atoms. The van der Waals surface area contributed by atoms with Gasteiger partial charge in [0.05, 0.1) is 20.3 Å². The molecule has 0 aromatic heterocycles. The zero-order valence-corrected chi connectivity index (χ0v) is 9.64. The standard InChI is InChI=1S/C10H14NO5/c1-6(2)7-10(8(13)15-3,9(14)16-4)11(7)5-12/h6-7H,1-4H3. The summed E-state index contributed by atoms with van der Waals surface area (Å²) in [6.07, 6.45) is 1.57. The molecule has 1 fully saturated rings. The van der Waals surface area contributed by atoms with Crippen molar-refractivity contribution < 1.29 is 23.9 Å². The summed E-state index contributed by atoms with van der Waals surface area (Å²) < 4.78 is 9.11. The Kier molecular flexibility index (Phi) is 3.21. The Labute approximate surface area is 93.5 Å². The molecule has 0 aromatic carbocycles. The molecule has 0 saturated carbocycles. The Morgan fingerprint density at radius 2 is 1.69 bits per heavy atom. The predicted molar refractivity (Wildman–Crippen MR) is 52.9 cm³/mol. The smallest absolute Gasteiger partial charge is 0.345 e. The largest absolute Gasteiger partial charge is 0.467 e. The third-order valence-corrected chi connectivity index (χ3v) is 2.74. The van der Waals surface area contributed by atoms with Crippen molar-refractivity contribution in [2.45, 2.75) is 25.4 Å². The van der Waals surface area contributed by atoms with Crippen molar-refractivity contribution in [3.8, 4) is 0 Å². The van der Waals surface area contributed by atoms with E-state index in [0.29, 0.717) is 0 Å². The molecule has 0 N–H and O–H groups in total. The lowest BCUT2D eigenvalue weighted by Gasteiger charge is -2.10. The lowest BCUT2D eigenvalue weighted by atomic mass is 9.97. The maximum atomic E-state index is 11.6. The van der Waals surface area contributed by atoms with Gasteiger partial charge in [0, 0.05) is 0 Å². The Hall–Kier alpha value is -1.59. The first-order chi connectivity index (χ1) is 7.48. The highest BCUT2D eigenvalue weighted by atomic mass is 16.6. The summed E-state index contributed by atoms with van der Waals surface area (Å²) in [5, 5.41) is 0. The normalized spacial score (nSPS) is 21.6. The Bertz CT molecular complexity index is 309. The first kappa shape index (κ1) is 12.5. The van der Waals surface area contributed by atoms with E-state index < -0.39 is 23.5 Å². The molecule has 1 aliphatic heterocycles. The van der Waals surface area contributed by atoms with Crippen molar-refractivity contribution in [3.05, 3.63) is 0 Å². The van der Waals surface area contributed by atoms with Crippen molar-refractivity contribution in [2.75, 3.05) is 14.2 Å². The number of rotatable bonds is 4. The van der Waals surface area contributed by atoms with Crippen molar-refractivity contribution in [1.82, 2.24) is 4.90 Å².